The van der Waals surface area contributed by atoms with Crippen molar-refractivity contribution in [2.45, 2.75) is 43.2 Å². The van der Waals surface area contributed by atoms with Crippen LogP contribution in [-0.2, 0) is 14.8 Å². The topological polar surface area (TPSA) is 126 Å². The molecule has 0 aromatic carbocycles. The van der Waals surface area contributed by atoms with Crippen molar-refractivity contribution in [1.29, 1.82) is 0 Å². The first-order valence-corrected chi connectivity index (χ1v) is 10.7. The Morgan fingerprint density at radius 1 is 1.15 bits per heavy atom. The smallest absolute Gasteiger partial charge is 0.284 e. The van der Waals surface area contributed by atoms with Gasteiger partial charge in [0.25, 0.3) is 15.9 Å². The fourth-order valence-corrected chi connectivity index (χ4v) is 4.88. The summed E-state index contributed by atoms with van der Waals surface area (Å²) in [5.41, 5.74) is 5.10. The van der Waals surface area contributed by atoms with Crippen LogP contribution in [0.25, 0.3) is 0 Å². The van der Waals surface area contributed by atoms with E-state index in [1.165, 1.54) is 29.3 Å². The van der Waals surface area contributed by atoms with Gasteiger partial charge in [0.15, 0.2) is 5.76 Å². The van der Waals surface area contributed by atoms with Gasteiger partial charge in [-0.25, -0.2) is 8.42 Å². The highest BCUT2D eigenvalue weighted by atomic mass is 32.2. The van der Waals surface area contributed by atoms with Crippen LogP contribution in [0.15, 0.2) is 21.6 Å². The van der Waals surface area contributed by atoms with Gasteiger partial charge in [-0.2, -0.15) is 4.31 Å². The molecule has 1 aromatic heterocycles. The molecule has 2 aliphatic rings. The second-order valence-corrected chi connectivity index (χ2v) is 8.90. The van der Waals surface area contributed by atoms with Crippen molar-refractivity contribution >= 4 is 21.8 Å². The Labute approximate surface area is 158 Å². The summed E-state index contributed by atoms with van der Waals surface area (Å²) in [6.07, 6.45) is 4.90. The second-order valence-electron chi connectivity index (χ2n) is 7.03. The Hall–Kier alpha value is -1.91. The molecule has 3 rings (SSSR count). The van der Waals surface area contributed by atoms with Gasteiger partial charge in [-0.15, -0.1) is 0 Å². The summed E-state index contributed by atoms with van der Waals surface area (Å²) >= 11 is 0. The summed E-state index contributed by atoms with van der Waals surface area (Å²) in [7, 11) is -3.79. The summed E-state index contributed by atoms with van der Waals surface area (Å²) in [4.78, 5) is 25.2. The van der Waals surface area contributed by atoms with E-state index >= 15 is 0 Å². The van der Waals surface area contributed by atoms with Crippen LogP contribution in [0.5, 0.6) is 0 Å². The highest BCUT2D eigenvalue weighted by Crippen LogP contribution is 2.20. The number of furan rings is 1. The van der Waals surface area contributed by atoms with Gasteiger partial charge < -0.3 is 20.4 Å². The van der Waals surface area contributed by atoms with Gasteiger partial charge in [-0.1, -0.05) is 12.8 Å². The zero-order valence-electron chi connectivity index (χ0n) is 15.2. The molecule has 0 atom stereocenters. The number of sulfonamides is 1. The molecule has 2 heterocycles. The molecule has 0 bridgehead atoms. The van der Waals surface area contributed by atoms with Crippen molar-refractivity contribution in [1.82, 2.24) is 14.5 Å². The molecule has 1 aliphatic carbocycles. The molecule has 150 valence electrons. The number of piperazine rings is 1. The van der Waals surface area contributed by atoms with Gasteiger partial charge in [0.1, 0.15) is 0 Å². The summed E-state index contributed by atoms with van der Waals surface area (Å²) in [5.74, 6) is -0.927. The Morgan fingerprint density at radius 3 is 2.41 bits per heavy atom. The average molecular weight is 398 g/mol. The lowest BCUT2D eigenvalue weighted by atomic mass is 10.2. The quantitative estimate of drug-likeness (QED) is 0.672. The summed E-state index contributed by atoms with van der Waals surface area (Å²) < 4.78 is 31.6. The number of rotatable bonds is 7. The number of nitrogens with two attached hydrogens (primary N) is 1. The molecule has 0 spiro atoms. The van der Waals surface area contributed by atoms with Crippen LogP contribution in [0.3, 0.4) is 0 Å². The Morgan fingerprint density at radius 2 is 1.81 bits per heavy atom. The van der Waals surface area contributed by atoms with E-state index in [1.54, 1.807) is 0 Å². The van der Waals surface area contributed by atoms with E-state index in [2.05, 4.69) is 10.2 Å². The molecule has 1 saturated carbocycles. The monoisotopic (exact) mass is 398 g/mol. The van der Waals surface area contributed by atoms with E-state index in [1.807, 2.05) is 0 Å². The van der Waals surface area contributed by atoms with Crippen LogP contribution in [0, 0.1) is 0 Å². The fraction of sp³-hybridized carbons (Fsp3) is 0.647. The van der Waals surface area contributed by atoms with Crippen LogP contribution in [0.4, 0.5) is 0 Å². The van der Waals surface area contributed by atoms with Crippen molar-refractivity contribution in [3.8, 4) is 0 Å². The van der Waals surface area contributed by atoms with E-state index in [4.69, 9.17) is 10.2 Å². The van der Waals surface area contributed by atoms with Gasteiger partial charge in [0.2, 0.25) is 11.0 Å². The fourth-order valence-electron chi connectivity index (χ4n) is 3.54. The Bertz CT molecular complexity index is 777. The van der Waals surface area contributed by atoms with E-state index in [0.717, 1.165) is 12.8 Å². The van der Waals surface area contributed by atoms with Crippen LogP contribution in [0.2, 0.25) is 0 Å². The molecule has 2 fully saturated rings. The molecular weight excluding hydrogens is 372 g/mol. The predicted molar refractivity (Wildman–Crippen MR) is 97.4 cm³/mol. The number of carbonyl (C=O) groups is 2. The minimum Gasteiger partial charge on any atom is -0.438 e. The van der Waals surface area contributed by atoms with Gasteiger partial charge in [0, 0.05) is 45.2 Å². The van der Waals surface area contributed by atoms with E-state index in [-0.39, 0.29) is 16.8 Å². The molecular formula is C17H26N4O5S. The van der Waals surface area contributed by atoms with Crippen LogP contribution in [-0.4, -0.2) is 68.2 Å². The van der Waals surface area contributed by atoms with Crippen molar-refractivity contribution in [3.63, 3.8) is 0 Å². The van der Waals surface area contributed by atoms with Crippen molar-refractivity contribution in [3.05, 3.63) is 17.9 Å². The normalized spacial score (nSPS) is 20.0. The Balaban J connectivity index is 1.46. The average Bonchev–Trinajstić information content (AvgIpc) is 3.32. The first-order chi connectivity index (χ1) is 12.9. The standard InChI is InChI=1S/C17H26N4O5S/c18-17(23)14-5-6-16(26-14)27(24,25)21-11-9-20(10-12-21)8-7-15(22)19-13-3-1-2-4-13/h5-6,13H,1-4,7-12H2,(H2,18,23)(H,19,22). The largest absolute Gasteiger partial charge is 0.438 e. The molecule has 27 heavy (non-hydrogen) atoms. The summed E-state index contributed by atoms with van der Waals surface area (Å²) in [6.45, 7) is 2.30. The SMILES string of the molecule is NC(=O)c1ccc(S(=O)(=O)N2CCN(CCC(=O)NC3CCCC3)CC2)o1. The third-order valence-corrected chi connectivity index (χ3v) is 6.90. The van der Waals surface area contributed by atoms with Crippen molar-refractivity contribution in [2.24, 2.45) is 5.73 Å². The first kappa shape index (κ1) is 19.8. The lowest BCUT2D eigenvalue weighted by Crippen LogP contribution is -2.49. The third-order valence-electron chi connectivity index (χ3n) is 5.12. The maximum absolute atomic E-state index is 12.6. The minimum absolute atomic E-state index is 0.0616. The van der Waals surface area contributed by atoms with Crippen molar-refractivity contribution in [2.75, 3.05) is 32.7 Å². The maximum atomic E-state index is 12.6. The minimum atomic E-state index is -3.79. The van der Waals surface area contributed by atoms with Crippen LogP contribution < -0.4 is 11.1 Å². The number of hydrogen-bond acceptors (Lipinski definition) is 6. The van der Waals surface area contributed by atoms with Crippen molar-refractivity contribution < 1.29 is 22.4 Å². The highest BCUT2D eigenvalue weighted by molar-refractivity contribution is 7.89. The van der Waals surface area contributed by atoms with Crippen LogP contribution in [0.1, 0.15) is 42.7 Å². The van der Waals surface area contributed by atoms with E-state index in [0.29, 0.717) is 45.2 Å². The van der Waals surface area contributed by atoms with Crippen LogP contribution >= 0.6 is 0 Å². The number of nitrogens with one attached hydrogen (secondary N) is 1. The van der Waals surface area contributed by atoms with Gasteiger partial charge >= 0.3 is 0 Å². The number of nitrogens with zero attached hydrogens (tertiary/aromatic N) is 2. The zero-order valence-corrected chi connectivity index (χ0v) is 16.0. The van der Waals surface area contributed by atoms with Gasteiger partial charge in [-0.3, -0.25) is 9.59 Å². The number of amides is 2. The summed E-state index contributed by atoms with van der Waals surface area (Å²) in [6, 6.07) is 2.82. The number of carbonyl (C=O) groups excluding carboxylic acids is 2. The Kier molecular flexibility index (Phi) is 6.18. The molecule has 3 N–H and O–H groups in total. The highest BCUT2D eigenvalue weighted by Gasteiger charge is 2.31. The van der Waals surface area contributed by atoms with E-state index < -0.39 is 15.9 Å². The number of hydrogen-bond donors (Lipinski definition) is 2. The molecule has 1 saturated heterocycles. The molecule has 10 heteroatoms. The first-order valence-electron chi connectivity index (χ1n) is 9.28. The molecule has 2 amide bonds. The molecule has 1 aliphatic heterocycles. The third kappa shape index (κ3) is 4.88. The molecule has 9 nitrogen and oxygen atoms in total. The molecule has 0 unspecified atom stereocenters. The van der Waals surface area contributed by atoms with Gasteiger partial charge in [-0.05, 0) is 25.0 Å². The summed E-state index contributed by atoms with van der Waals surface area (Å²) in [5, 5.41) is 2.79. The zero-order chi connectivity index (χ0) is 19.4. The molecule has 1 aromatic rings. The van der Waals surface area contributed by atoms with Gasteiger partial charge in [0.05, 0.1) is 0 Å². The predicted octanol–water partition coefficient (Wildman–Crippen LogP) is 0.134. The number of primary amides is 1. The second kappa shape index (κ2) is 8.41. The molecule has 0 radical (unpaired) electrons. The van der Waals surface area contributed by atoms with E-state index in [9.17, 15) is 18.0 Å². The lowest BCUT2D eigenvalue weighted by molar-refractivity contribution is -0.122. The lowest BCUT2D eigenvalue weighted by Gasteiger charge is -2.33. The maximum Gasteiger partial charge on any atom is 0.284 e.